The van der Waals surface area contributed by atoms with Crippen molar-refractivity contribution < 1.29 is 42.5 Å². The van der Waals surface area contributed by atoms with Gasteiger partial charge in [0.15, 0.2) is 0 Å². The van der Waals surface area contributed by atoms with Crippen LogP contribution in [0.1, 0.15) is 39.5 Å². The van der Waals surface area contributed by atoms with E-state index in [2.05, 4.69) is 0 Å². The second kappa shape index (κ2) is 10.2. The molecule has 1 fully saturated rings. The van der Waals surface area contributed by atoms with Gasteiger partial charge in [0.05, 0.1) is 24.6 Å². The van der Waals surface area contributed by atoms with Gasteiger partial charge in [0.2, 0.25) is 0 Å². The van der Waals surface area contributed by atoms with Gasteiger partial charge in [-0.3, -0.25) is 9.59 Å². The molecule has 1 aliphatic rings. The number of ether oxygens (including phenoxy) is 1. The van der Waals surface area contributed by atoms with Crippen LogP contribution in [0.15, 0.2) is 78.9 Å². The van der Waals surface area contributed by atoms with Gasteiger partial charge < -0.3 is 19.8 Å². The fourth-order valence-electron chi connectivity index (χ4n) is 5.07. The molecule has 0 radical (unpaired) electrons. The summed E-state index contributed by atoms with van der Waals surface area (Å²) in [7, 11) is 1.41. The lowest BCUT2D eigenvalue weighted by atomic mass is 9.84. The first-order chi connectivity index (χ1) is 18.0. The number of hydrogen-bond acceptors (Lipinski definition) is 4. The summed E-state index contributed by atoms with van der Waals surface area (Å²) in [5, 5.41) is 20.7. The van der Waals surface area contributed by atoms with Crippen molar-refractivity contribution in [3.05, 3.63) is 101 Å². The Bertz CT molecular complexity index is 1340. The number of benzene rings is 3. The first-order valence-electron chi connectivity index (χ1n) is 11.6. The van der Waals surface area contributed by atoms with Gasteiger partial charge in [-0.15, -0.1) is 0 Å². The highest BCUT2D eigenvalue weighted by Gasteiger charge is 2.60. The van der Waals surface area contributed by atoms with E-state index in [0.717, 1.165) is 29.2 Å². The van der Waals surface area contributed by atoms with Crippen LogP contribution in [0.2, 0.25) is 0 Å². The highest BCUT2D eigenvalue weighted by atomic mass is 19.4. The summed E-state index contributed by atoms with van der Waals surface area (Å²) in [6.07, 6.45) is -5.26. The van der Waals surface area contributed by atoms with E-state index in [-0.39, 0.29) is 12.0 Å². The maximum atomic E-state index is 14.0. The number of hydrogen-bond donors (Lipinski definition) is 2. The Morgan fingerprint density at radius 1 is 0.974 bits per heavy atom. The normalized spacial score (nSPS) is 21.2. The smallest absolute Gasteiger partial charge is 0.416 e. The van der Waals surface area contributed by atoms with Gasteiger partial charge in [-0.25, -0.2) is 4.79 Å². The van der Waals surface area contributed by atoms with Crippen LogP contribution in [0.5, 0.6) is 5.75 Å². The molecule has 0 saturated carbocycles. The lowest BCUT2D eigenvalue weighted by molar-refractivity contribution is -0.149. The van der Waals surface area contributed by atoms with E-state index in [1.165, 1.54) is 13.2 Å². The van der Waals surface area contributed by atoms with E-state index in [9.17, 15) is 37.8 Å². The van der Waals surface area contributed by atoms with Crippen molar-refractivity contribution in [2.24, 2.45) is 5.92 Å². The minimum atomic E-state index is -4.63. The van der Waals surface area contributed by atoms with E-state index < -0.39 is 53.5 Å². The number of methoxy groups -OCH3 is 1. The number of carbonyl (C=O) groups is 3. The number of halogens is 3. The minimum absolute atomic E-state index is 0.198. The third-order valence-electron chi connectivity index (χ3n) is 6.85. The lowest BCUT2D eigenvalue weighted by Crippen LogP contribution is -2.55. The standard InChI is InChI=1S/C28H24F3NO6/c1-38-21-9-5-8-19(14-21)23-22(25(34)35)16-27(26(36)37,15-17-6-3-2-4-7-17)32(23)24(33)18-10-12-20(13-11-18)28(29,30)31/h2-14,22-23H,15-16H2,1H3,(H,34,35)(H,36,37). The Morgan fingerprint density at radius 2 is 1.63 bits per heavy atom. The quantitative estimate of drug-likeness (QED) is 0.445. The van der Waals surface area contributed by atoms with Gasteiger partial charge >= 0.3 is 18.1 Å². The summed E-state index contributed by atoms with van der Waals surface area (Å²) in [6, 6.07) is 16.9. The topological polar surface area (TPSA) is 104 Å². The molecule has 1 heterocycles. The number of carboxylic acids is 2. The predicted molar refractivity (Wildman–Crippen MR) is 130 cm³/mol. The maximum Gasteiger partial charge on any atom is 0.416 e. The molecule has 38 heavy (non-hydrogen) atoms. The second-order valence-corrected chi connectivity index (χ2v) is 9.12. The SMILES string of the molecule is COc1cccc(C2C(C(=O)O)CC(Cc3ccccc3)(C(=O)O)N2C(=O)c2ccc(C(F)(F)F)cc2)c1. The maximum absolute atomic E-state index is 14.0. The number of alkyl halides is 3. The zero-order valence-electron chi connectivity index (χ0n) is 20.2. The van der Waals surface area contributed by atoms with Crippen LogP contribution in [-0.2, 0) is 22.2 Å². The predicted octanol–water partition coefficient (Wildman–Crippen LogP) is 5.07. The monoisotopic (exact) mass is 527 g/mol. The summed E-state index contributed by atoms with van der Waals surface area (Å²) in [6.45, 7) is 0. The molecule has 4 rings (SSSR count). The van der Waals surface area contributed by atoms with Crippen molar-refractivity contribution in [1.29, 1.82) is 0 Å². The Labute approximate surface area is 216 Å². The fraction of sp³-hybridized carbons (Fsp3) is 0.250. The number of likely N-dealkylation sites (tertiary alicyclic amines) is 1. The van der Waals surface area contributed by atoms with Crippen molar-refractivity contribution in [3.63, 3.8) is 0 Å². The van der Waals surface area contributed by atoms with Crippen molar-refractivity contribution in [2.75, 3.05) is 7.11 Å². The third kappa shape index (κ3) is 4.93. The Morgan fingerprint density at radius 3 is 2.18 bits per heavy atom. The van der Waals surface area contributed by atoms with E-state index in [0.29, 0.717) is 16.9 Å². The molecule has 0 spiro atoms. The van der Waals surface area contributed by atoms with Crippen molar-refractivity contribution in [1.82, 2.24) is 4.90 Å². The molecule has 0 aliphatic carbocycles. The van der Waals surface area contributed by atoms with Crippen LogP contribution in [0.3, 0.4) is 0 Å². The van der Waals surface area contributed by atoms with Gasteiger partial charge in [-0.2, -0.15) is 13.2 Å². The molecular weight excluding hydrogens is 503 g/mol. The van der Waals surface area contributed by atoms with Gasteiger partial charge in [0, 0.05) is 12.0 Å². The van der Waals surface area contributed by atoms with Gasteiger partial charge in [-0.05, 0) is 53.9 Å². The van der Waals surface area contributed by atoms with E-state index in [4.69, 9.17) is 4.74 Å². The molecule has 3 unspecified atom stereocenters. The van der Waals surface area contributed by atoms with Crippen LogP contribution in [-0.4, -0.2) is 45.6 Å². The van der Waals surface area contributed by atoms with Crippen LogP contribution in [0.25, 0.3) is 0 Å². The van der Waals surface area contributed by atoms with Crippen LogP contribution in [0, 0.1) is 5.92 Å². The molecule has 3 aromatic carbocycles. The van der Waals surface area contributed by atoms with Crippen LogP contribution < -0.4 is 4.74 Å². The van der Waals surface area contributed by atoms with Crippen LogP contribution in [0.4, 0.5) is 13.2 Å². The molecule has 0 bridgehead atoms. The van der Waals surface area contributed by atoms with Crippen LogP contribution >= 0.6 is 0 Å². The van der Waals surface area contributed by atoms with Crippen molar-refractivity contribution in [3.8, 4) is 5.75 Å². The molecule has 198 valence electrons. The number of nitrogens with zero attached hydrogens (tertiary/aromatic N) is 1. The molecule has 3 atom stereocenters. The van der Waals surface area contributed by atoms with E-state index in [1.54, 1.807) is 48.5 Å². The number of carbonyl (C=O) groups excluding carboxylic acids is 1. The summed E-state index contributed by atoms with van der Waals surface area (Å²) in [5.41, 5.74) is -2.30. The highest BCUT2D eigenvalue weighted by Crippen LogP contribution is 2.50. The highest BCUT2D eigenvalue weighted by molar-refractivity contribution is 6.00. The molecule has 1 amide bonds. The minimum Gasteiger partial charge on any atom is -0.497 e. The Kier molecular flexibility index (Phi) is 7.17. The first-order valence-corrected chi connectivity index (χ1v) is 11.6. The number of aliphatic carboxylic acids is 2. The zero-order chi connectivity index (χ0) is 27.7. The number of amides is 1. The Balaban J connectivity index is 1.92. The number of rotatable bonds is 7. The average molecular weight is 527 g/mol. The largest absolute Gasteiger partial charge is 0.497 e. The van der Waals surface area contributed by atoms with Gasteiger partial charge in [-0.1, -0.05) is 42.5 Å². The lowest BCUT2D eigenvalue weighted by Gasteiger charge is -2.38. The molecular formula is C28H24F3NO6. The molecule has 1 saturated heterocycles. The molecule has 0 aromatic heterocycles. The number of carboxylic acid groups (broad SMARTS) is 2. The second-order valence-electron chi connectivity index (χ2n) is 9.12. The van der Waals surface area contributed by atoms with E-state index >= 15 is 0 Å². The summed E-state index contributed by atoms with van der Waals surface area (Å²) < 4.78 is 44.7. The third-order valence-corrected chi connectivity index (χ3v) is 6.85. The van der Waals surface area contributed by atoms with Gasteiger partial charge in [0.1, 0.15) is 11.3 Å². The zero-order valence-corrected chi connectivity index (χ0v) is 20.2. The van der Waals surface area contributed by atoms with Gasteiger partial charge in [0.25, 0.3) is 5.91 Å². The Hall–Kier alpha value is -4.34. The average Bonchev–Trinajstić information content (AvgIpc) is 3.25. The molecule has 2 N–H and O–H groups in total. The molecule has 1 aliphatic heterocycles. The summed E-state index contributed by atoms with van der Waals surface area (Å²) >= 11 is 0. The molecule has 7 nitrogen and oxygen atoms in total. The van der Waals surface area contributed by atoms with Crippen molar-refractivity contribution >= 4 is 17.8 Å². The summed E-state index contributed by atoms with van der Waals surface area (Å²) in [4.78, 5) is 40.4. The van der Waals surface area contributed by atoms with Crippen molar-refractivity contribution in [2.45, 2.75) is 30.6 Å². The fourth-order valence-corrected chi connectivity index (χ4v) is 5.07. The molecule has 10 heteroatoms. The summed E-state index contributed by atoms with van der Waals surface area (Å²) in [5.74, 6) is -4.57. The molecule has 3 aromatic rings. The first kappa shape index (κ1) is 26.7. The van der Waals surface area contributed by atoms with E-state index in [1.807, 2.05) is 0 Å².